The van der Waals surface area contributed by atoms with Gasteiger partial charge in [0.15, 0.2) is 5.78 Å². The highest BCUT2D eigenvalue weighted by molar-refractivity contribution is 6.16. The summed E-state index contributed by atoms with van der Waals surface area (Å²) in [6, 6.07) is 0. The quantitative estimate of drug-likeness (QED) is 0.535. The topological polar surface area (TPSA) is 57.6 Å². The third-order valence-corrected chi connectivity index (χ3v) is 1.57. The predicted molar refractivity (Wildman–Crippen MR) is 38.0 cm³/mol. The fraction of sp³-hybridized carbons (Fsp3) is 0.429. The molecule has 0 aromatic rings. The van der Waals surface area contributed by atoms with Gasteiger partial charge in [0.05, 0.1) is 0 Å². The van der Waals surface area contributed by atoms with Crippen LogP contribution in [0.5, 0.6) is 0 Å². The van der Waals surface area contributed by atoms with Crippen LogP contribution in [0.3, 0.4) is 0 Å². The van der Waals surface area contributed by atoms with Gasteiger partial charge in [0, 0.05) is 26.2 Å². The first kappa shape index (κ1) is 7.78. The van der Waals surface area contributed by atoms with E-state index in [2.05, 4.69) is 0 Å². The minimum atomic E-state index is -1.14. The van der Waals surface area contributed by atoms with Crippen LogP contribution in [-0.4, -0.2) is 35.4 Å². The summed E-state index contributed by atoms with van der Waals surface area (Å²) in [6.07, 6.45) is 1.67. The molecule has 0 aliphatic carbocycles. The highest BCUT2D eigenvalue weighted by Crippen LogP contribution is 2.08. The molecule has 0 atom stereocenters. The summed E-state index contributed by atoms with van der Waals surface area (Å²) < 4.78 is 0. The minimum absolute atomic E-state index is 0.112. The molecule has 4 heteroatoms. The van der Waals surface area contributed by atoms with Crippen molar-refractivity contribution in [3.05, 3.63) is 11.8 Å². The Morgan fingerprint density at radius 2 is 2.36 bits per heavy atom. The van der Waals surface area contributed by atoms with Gasteiger partial charge in [-0.15, -0.1) is 0 Å². The zero-order valence-electron chi connectivity index (χ0n) is 6.20. The predicted octanol–water partition coefficient (Wildman–Crippen LogP) is -0.141. The van der Waals surface area contributed by atoms with E-state index < -0.39 is 5.97 Å². The molecule has 0 aromatic carbocycles. The molecule has 4 nitrogen and oxygen atoms in total. The van der Waals surface area contributed by atoms with E-state index in [1.165, 1.54) is 6.20 Å². The second-order valence-corrected chi connectivity index (χ2v) is 2.50. The maximum Gasteiger partial charge on any atom is 0.340 e. The smallest absolute Gasteiger partial charge is 0.340 e. The van der Waals surface area contributed by atoms with Crippen molar-refractivity contribution in [3.8, 4) is 0 Å². The van der Waals surface area contributed by atoms with Gasteiger partial charge in [0.2, 0.25) is 0 Å². The molecule has 1 aliphatic rings. The van der Waals surface area contributed by atoms with E-state index in [4.69, 9.17) is 5.11 Å². The summed E-state index contributed by atoms with van der Waals surface area (Å²) in [5, 5.41) is 8.51. The van der Waals surface area contributed by atoms with Crippen molar-refractivity contribution in [1.82, 2.24) is 4.90 Å². The Morgan fingerprint density at radius 3 is 2.82 bits per heavy atom. The molecule has 0 fully saturated rings. The van der Waals surface area contributed by atoms with Gasteiger partial charge >= 0.3 is 5.97 Å². The van der Waals surface area contributed by atoms with E-state index in [0.717, 1.165) is 0 Å². The Hall–Kier alpha value is -1.32. The Labute approximate surface area is 64.1 Å². The molecule has 11 heavy (non-hydrogen) atoms. The lowest BCUT2D eigenvalue weighted by Gasteiger charge is -2.19. The Balaban J connectivity index is 2.88. The van der Waals surface area contributed by atoms with Crippen molar-refractivity contribution in [2.24, 2.45) is 0 Å². The van der Waals surface area contributed by atoms with E-state index in [1.54, 1.807) is 11.9 Å². The molecule has 0 unspecified atom stereocenters. The number of Topliss-reactive ketones (excluding diaryl/α,β-unsaturated/α-hetero) is 1. The Kier molecular flexibility index (Phi) is 1.94. The molecule has 1 heterocycles. The molecule has 0 radical (unpaired) electrons. The van der Waals surface area contributed by atoms with Crippen molar-refractivity contribution in [2.45, 2.75) is 6.42 Å². The number of rotatable bonds is 1. The van der Waals surface area contributed by atoms with Crippen molar-refractivity contribution in [1.29, 1.82) is 0 Å². The van der Waals surface area contributed by atoms with Gasteiger partial charge in [0.25, 0.3) is 0 Å². The van der Waals surface area contributed by atoms with E-state index in [1.807, 2.05) is 0 Å². The third kappa shape index (κ3) is 1.58. The van der Waals surface area contributed by atoms with E-state index in [9.17, 15) is 9.59 Å². The summed E-state index contributed by atoms with van der Waals surface area (Å²) >= 11 is 0. The molecule has 0 amide bonds. The summed E-state index contributed by atoms with van der Waals surface area (Å²) in [7, 11) is 1.75. The normalized spacial score (nSPS) is 18.1. The average molecular weight is 155 g/mol. The number of hydrogen-bond donors (Lipinski definition) is 1. The first-order chi connectivity index (χ1) is 5.11. The van der Waals surface area contributed by atoms with Crippen LogP contribution in [0.15, 0.2) is 11.8 Å². The van der Waals surface area contributed by atoms with E-state index in [0.29, 0.717) is 13.0 Å². The lowest BCUT2D eigenvalue weighted by Crippen LogP contribution is -2.27. The van der Waals surface area contributed by atoms with Crippen LogP contribution in [0.25, 0.3) is 0 Å². The van der Waals surface area contributed by atoms with Crippen LogP contribution in [0.4, 0.5) is 0 Å². The third-order valence-electron chi connectivity index (χ3n) is 1.57. The maximum absolute atomic E-state index is 10.9. The van der Waals surface area contributed by atoms with Gasteiger partial charge in [-0.2, -0.15) is 0 Å². The van der Waals surface area contributed by atoms with Crippen LogP contribution in [0, 0.1) is 0 Å². The number of nitrogens with zero attached hydrogens (tertiary/aromatic N) is 1. The molecule has 1 N–H and O–H groups in total. The lowest BCUT2D eigenvalue weighted by molar-refractivity contribution is -0.135. The number of ketones is 1. The molecule has 0 aromatic heterocycles. The number of hydrogen-bond acceptors (Lipinski definition) is 3. The standard InChI is InChI=1S/C7H9NO3/c1-8-3-2-6(9)5(4-8)7(10)11/h4H,2-3H2,1H3,(H,10,11). The zero-order valence-corrected chi connectivity index (χ0v) is 6.20. The average Bonchev–Trinajstić information content (AvgIpc) is 1.94. The molecule has 0 spiro atoms. The summed E-state index contributed by atoms with van der Waals surface area (Å²) in [5.41, 5.74) is -0.112. The van der Waals surface area contributed by atoms with Crippen LogP contribution in [0.1, 0.15) is 6.42 Å². The molecule has 0 bridgehead atoms. The van der Waals surface area contributed by atoms with Gasteiger partial charge in [-0.1, -0.05) is 0 Å². The number of carboxylic acid groups (broad SMARTS) is 1. The lowest BCUT2D eigenvalue weighted by atomic mass is 10.1. The van der Waals surface area contributed by atoms with Gasteiger partial charge in [-0.05, 0) is 0 Å². The van der Waals surface area contributed by atoms with Crippen molar-refractivity contribution < 1.29 is 14.7 Å². The molecular weight excluding hydrogens is 146 g/mol. The van der Waals surface area contributed by atoms with Crippen molar-refractivity contribution >= 4 is 11.8 Å². The zero-order chi connectivity index (χ0) is 8.43. The summed E-state index contributed by atoms with van der Waals surface area (Å²) in [4.78, 5) is 23.0. The molecule has 0 saturated carbocycles. The molecular formula is C7H9NO3. The first-order valence-electron chi connectivity index (χ1n) is 3.30. The molecule has 0 saturated heterocycles. The van der Waals surface area contributed by atoms with Crippen LogP contribution in [0.2, 0.25) is 0 Å². The second kappa shape index (κ2) is 2.74. The number of carboxylic acids is 1. The van der Waals surface area contributed by atoms with Crippen LogP contribution < -0.4 is 0 Å². The Morgan fingerprint density at radius 1 is 1.73 bits per heavy atom. The second-order valence-electron chi connectivity index (χ2n) is 2.50. The number of aliphatic carboxylic acids is 1. The maximum atomic E-state index is 10.9. The summed E-state index contributed by atoms with van der Waals surface area (Å²) in [6.45, 7) is 0.607. The Bertz CT molecular complexity index is 232. The summed E-state index contributed by atoms with van der Waals surface area (Å²) in [5.74, 6) is -1.42. The van der Waals surface area contributed by atoms with Crippen LogP contribution >= 0.6 is 0 Å². The number of carbonyl (C=O) groups is 2. The fourth-order valence-corrected chi connectivity index (χ4v) is 0.944. The van der Waals surface area contributed by atoms with Gasteiger partial charge in [-0.25, -0.2) is 4.79 Å². The van der Waals surface area contributed by atoms with Crippen molar-refractivity contribution in [2.75, 3.05) is 13.6 Å². The van der Waals surface area contributed by atoms with Crippen molar-refractivity contribution in [3.63, 3.8) is 0 Å². The highest BCUT2D eigenvalue weighted by atomic mass is 16.4. The molecule has 60 valence electrons. The minimum Gasteiger partial charge on any atom is -0.478 e. The van der Waals surface area contributed by atoms with E-state index in [-0.39, 0.29) is 11.4 Å². The highest BCUT2D eigenvalue weighted by Gasteiger charge is 2.21. The van der Waals surface area contributed by atoms with Gasteiger partial charge in [0.1, 0.15) is 5.57 Å². The van der Waals surface area contributed by atoms with Gasteiger partial charge < -0.3 is 10.0 Å². The van der Waals surface area contributed by atoms with E-state index >= 15 is 0 Å². The monoisotopic (exact) mass is 155 g/mol. The SMILES string of the molecule is CN1C=C(C(=O)O)C(=O)CC1. The first-order valence-corrected chi connectivity index (χ1v) is 3.30. The molecule has 1 aliphatic heterocycles. The van der Waals surface area contributed by atoms with Crippen LogP contribution in [-0.2, 0) is 9.59 Å². The fourth-order valence-electron chi connectivity index (χ4n) is 0.944. The largest absolute Gasteiger partial charge is 0.478 e. The number of carbonyl (C=O) groups excluding carboxylic acids is 1. The van der Waals surface area contributed by atoms with Gasteiger partial charge in [-0.3, -0.25) is 4.79 Å². The molecule has 1 rings (SSSR count).